The maximum absolute atomic E-state index is 5.53. The van der Waals surface area contributed by atoms with Crippen molar-refractivity contribution >= 4 is 56.4 Å². The van der Waals surface area contributed by atoms with Crippen LogP contribution >= 0.6 is 0 Å². The van der Waals surface area contributed by atoms with E-state index in [0.717, 1.165) is 57.5 Å². The molecule has 0 spiro atoms. The summed E-state index contributed by atoms with van der Waals surface area (Å²) >= 11 is 0. The number of nitrogens with zero attached hydrogens (tertiary/aromatic N) is 4. The van der Waals surface area contributed by atoms with E-state index in [1.807, 2.05) is 6.07 Å². The zero-order chi connectivity index (χ0) is 40.7. The Hall–Kier alpha value is -7.82. The van der Waals surface area contributed by atoms with Crippen molar-refractivity contribution < 1.29 is 0 Å². The van der Waals surface area contributed by atoms with Gasteiger partial charge in [-0.05, 0) is 111 Å². The van der Waals surface area contributed by atoms with E-state index in [0.29, 0.717) is 0 Å². The molecule has 0 N–H and O–H groups in total. The molecule has 4 nitrogen and oxygen atoms in total. The minimum Gasteiger partial charge on any atom is -0.333 e. The van der Waals surface area contributed by atoms with Crippen LogP contribution in [-0.4, -0.2) is 20.6 Å². The molecule has 0 amide bonds. The first-order chi connectivity index (χ1) is 30.7. The van der Waals surface area contributed by atoms with Gasteiger partial charge in [0.15, 0.2) is 5.82 Å². The maximum Gasteiger partial charge on any atom is 0.165 e. The lowest BCUT2D eigenvalue weighted by Crippen LogP contribution is -2.31. The molecule has 0 bridgehead atoms. The third-order valence-electron chi connectivity index (χ3n) is 13.4. The van der Waals surface area contributed by atoms with Crippen LogP contribution in [0.4, 0.5) is 11.4 Å². The summed E-state index contributed by atoms with van der Waals surface area (Å²) in [6.45, 7) is 0. The Balaban J connectivity index is 1.10. The van der Waals surface area contributed by atoms with Crippen LogP contribution in [-0.2, 0) is 6.42 Å². The molecular weight excluding hydrogens is 753 g/mol. The standard InChI is InChI=1S/C58H40N4/c1-3-15-37(16-4-1)41-20-13-22-43(33-41)57-58(60-50-27-11-10-26-49(50)59-57)62-51-28-12-9-25-46(51)47-35-48-54(36-53(47)62)61(44-23-14-21-42(34-44)38-17-5-2-6-18-38)52-32-31-40-30-29-39-19-7-8-24-45(39)55(40)56(48)52/h1-7,9-23,25-36,52,56H,8,24H2. The van der Waals surface area contributed by atoms with Gasteiger partial charge in [0.05, 0.1) is 28.1 Å². The second-order valence-corrected chi connectivity index (χ2v) is 16.8. The number of rotatable bonds is 5. The number of anilines is 2. The summed E-state index contributed by atoms with van der Waals surface area (Å²) in [7, 11) is 0. The van der Waals surface area contributed by atoms with Crippen molar-refractivity contribution in [2.75, 3.05) is 4.90 Å². The fourth-order valence-corrected chi connectivity index (χ4v) is 10.6. The van der Waals surface area contributed by atoms with E-state index in [4.69, 9.17) is 9.97 Å². The third kappa shape index (κ3) is 5.39. The van der Waals surface area contributed by atoms with Gasteiger partial charge in [-0.3, -0.25) is 4.57 Å². The molecule has 1 aliphatic heterocycles. The maximum atomic E-state index is 5.53. The summed E-state index contributed by atoms with van der Waals surface area (Å²) in [6, 6.07) is 66.0. The minimum absolute atomic E-state index is 0.101. The SMILES string of the molecule is C1=Cc2ccc3c(c2CC1)C1c2cc4c5ccccc5n(-c5nc6ccccc6nc5-c5cccc(-c6ccccc6)c5)c4cc2N(c2cccc(-c4ccccc4)c2)C1C=C3. The average molecular weight is 793 g/mol. The highest BCUT2D eigenvalue weighted by Gasteiger charge is 2.43. The van der Waals surface area contributed by atoms with Gasteiger partial charge < -0.3 is 4.90 Å². The van der Waals surface area contributed by atoms with Gasteiger partial charge in [-0.1, -0.05) is 158 Å². The van der Waals surface area contributed by atoms with Gasteiger partial charge in [0.25, 0.3) is 0 Å². The van der Waals surface area contributed by atoms with Crippen molar-refractivity contribution in [1.82, 2.24) is 14.5 Å². The molecule has 2 unspecified atom stereocenters. The normalized spacial score (nSPS) is 16.1. The highest BCUT2D eigenvalue weighted by atomic mass is 15.2. The Labute approximate surface area is 360 Å². The molecular formula is C58H40N4. The summed E-state index contributed by atoms with van der Waals surface area (Å²) in [4.78, 5) is 13.6. The zero-order valence-corrected chi connectivity index (χ0v) is 34.0. The van der Waals surface area contributed by atoms with E-state index < -0.39 is 0 Å². The highest BCUT2D eigenvalue weighted by Crippen LogP contribution is 2.55. The Morgan fingerprint density at radius 1 is 0.500 bits per heavy atom. The zero-order valence-electron chi connectivity index (χ0n) is 34.0. The van der Waals surface area contributed by atoms with Gasteiger partial charge in [0, 0.05) is 33.6 Å². The van der Waals surface area contributed by atoms with Crippen molar-refractivity contribution in [1.29, 1.82) is 0 Å². The molecule has 0 radical (unpaired) electrons. The van der Waals surface area contributed by atoms with Gasteiger partial charge in [-0.2, -0.15) is 0 Å². The first-order valence-electron chi connectivity index (χ1n) is 21.7. The Morgan fingerprint density at radius 2 is 1.18 bits per heavy atom. The number of para-hydroxylation sites is 3. The topological polar surface area (TPSA) is 34.0 Å². The van der Waals surface area contributed by atoms with Gasteiger partial charge in [-0.25, -0.2) is 9.97 Å². The fourth-order valence-electron chi connectivity index (χ4n) is 10.6. The van der Waals surface area contributed by atoms with E-state index in [9.17, 15) is 0 Å². The number of aromatic nitrogens is 3. The number of allylic oxidation sites excluding steroid dienone is 1. The lowest BCUT2D eigenvalue weighted by molar-refractivity contribution is 0.713. The predicted molar refractivity (Wildman–Crippen MR) is 257 cm³/mol. The molecule has 8 aromatic carbocycles. The highest BCUT2D eigenvalue weighted by molar-refractivity contribution is 6.11. The molecule has 0 saturated carbocycles. The molecule has 4 heteroatoms. The summed E-state index contributed by atoms with van der Waals surface area (Å²) in [5.41, 5.74) is 20.0. The predicted octanol–water partition coefficient (Wildman–Crippen LogP) is 14.4. The van der Waals surface area contributed by atoms with Crippen LogP contribution in [0.1, 0.15) is 40.2 Å². The molecule has 2 aromatic heterocycles. The number of hydrogen-bond acceptors (Lipinski definition) is 3. The molecule has 3 heterocycles. The van der Waals surface area contributed by atoms with Crippen LogP contribution < -0.4 is 4.90 Å². The summed E-state index contributed by atoms with van der Waals surface area (Å²) in [5, 5.41) is 2.42. The second-order valence-electron chi connectivity index (χ2n) is 16.8. The van der Waals surface area contributed by atoms with E-state index in [1.165, 1.54) is 66.7 Å². The molecule has 62 heavy (non-hydrogen) atoms. The van der Waals surface area contributed by atoms with E-state index in [2.05, 4.69) is 210 Å². The van der Waals surface area contributed by atoms with Crippen LogP contribution in [0.15, 0.2) is 194 Å². The van der Waals surface area contributed by atoms with Crippen molar-refractivity contribution in [3.05, 3.63) is 222 Å². The smallest absolute Gasteiger partial charge is 0.165 e. The van der Waals surface area contributed by atoms with Crippen molar-refractivity contribution in [2.45, 2.75) is 24.8 Å². The Kier molecular flexibility index (Phi) is 7.83. The van der Waals surface area contributed by atoms with Crippen LogP contribution in [0.3, 0.4) is 0 Å². The van der Waals surface area contributed by atoms with Crippen LogP contribution in [0.5, 0.6) is 0 Å². The van der Waals surface area contributed by atoms with Gasteiger partial charge in [-0.15, -0.1) is 0 Å². The first-order valence-corrected chi connectivity index (χ1v) is 21.7. The van der Waals surface area contributed by atoms with Crippen molar-refractivity contribution in [3.63, 3.8) is 0 Å². The van der Waals surface area contributed by atoms with Crippen LogP contribution in [0.2, 0.25) is 0 Å². The van der Waals surface area contributed by atoms with Crippen molar-refractivity contribution in [2.24, 2.45) is 0 Å². The number of hydrogen-bond donors (Lipinski definition) is 0. The number of benzene rings is 8. The Morgan fingerprint density at radius 3 is 2.00 bits per heavy atom. The second kappa shape index (κ2) is 13.9. The lowest BCUT2D eigenvalue weighted by atomic mass is 9.75. The molecule has 2 aliphatic carbocycles. The molecule has 2 atom stereocenters. The van der Waals surface area contributed by atoms with Crippen LogP contribution in [0.25, 0.3) is 84.3 Å². The largest absolute Gasteiger partial charge is 0.333 e. The van der Waals surface area contributed by atoms with Gasteiger partial charge in [0.1, 0.15) is 5.69 Å². The minimum atomic E-state index is 0.101. The van der Waals surface area contributed by atoms with Crippen molar-refractivity contribution in [3.8, 4) is 39.3 Å². The summed E-state index contributed by atoms with van der Waals surface area (Å²) in [6.07, 6.45) is 11.6. The van der Waals surface area contributed by atoms with E-state index in [1.54, 1.807) is 0 Å². The fraction of sp³-hybridized carbons (Fsp3) is 0.0690. The number of fused-ring (bicyclic) bond motifs is 11. The van der Waals surface area contributed by atoms with Gasteiger partial charge >= 0.3 is 0 Å². The molecule has 10 aromatic rings. The lowest BCUT2D eigenvalue weighted by Gasteiger charge is -2.33. The molecule has 0 saturated heterocycles. The van der Waals surface area contributed by atoms with E-state index in [-0.39, 0.29) is 12.0 Å². The summed E-state index contributed by atoms with van der Waals surface area (Å²) in [5.74, 6) is 0.981. The monoisotopic (exact) mass is 792 g/mol. The summed E-state index contributed by atoms with van der Waals surface area (Å²) < 4.78 is 2.38. The quantitative estimate of drug-likeness (QED) is 0.174. The third-order valence-corrected chi connectivity index (χ3v) is 13.4. The van der Waals surface area contributed by atoms with Gasteiger partial charge in [0.2, 0.25) is 0 Å². The average Bonchev–Trinajstić information content (AvgIpc) is 3.85. The molecule has 292 valence electrons. The van der Waals surface area contributed by atoms with Crippen LogP contribution in [0, 0.1) is 0 Å². The molecule has 0 fully saturated rings. The molecule has 13 rings (SSSR count). The molecule has 3 aliphatic rings. The van der Waals surface area contributed by atoms with E-state index >= 15 is 0 Å². The first kappa shape index (κ1) is 35.0. The Bertz CT molecular complexity index is 3490.